The summed E-state index contributed by atoms with van der Waals surface area (Å²) < 4.78 is 5.55. The Bertz CT molecular complexity index is 1330. The zero-order chi connectivity index (χ0) is 27.6. The van der Waals surface area contributed by atoms with Crippen molar-refractivity contribution in [3.8, 4) is 11.3 Å². The molecule has 39 heavy (non-hydrogen) atoms. The van der Waals surface area contributed by atoms with Crippen LogP contribution in [-0.2, 0) is 4.74 Å². The highest BCUT2D eigenvalue weighted by molar-refractivity contribution is 5.96. The fraction of sp³-hybridized carbons (Fsp3) is 0.467. The summed E-state index contributed by atoms with van der Waals surface area (Å²) in [4.78, 5) is 38.6. The smallest absolute Gasteiger partial charge is 0.410 e. The van der Waals surface area contributed by atoms with Crippen LogP contribution in [0.25, 0.3) is 22.2 Å². The number of carbonyl (C=O) groups is 2. The van der Waals surface area contributed by atoms with Gasteiger partial charge in [0.1, 0.15) is 5.60 Å². The maximum Gasteiger partial charge on any atom is 0.410 e. The molecule has 4 heterocycles. The van der Waals surface area contributed by atoms with E-state index in [-0.39, 0.29) is 24.1 Å². The van der Waals surface area contributed by atoms with Gasteiger partial charge in [0.05, 0.1) is 11.2 Å². The number of pyridine rings is 2. The number of rotatable bonds is 5. The predicted octanol–water partition coefficient (Wildman–Crippen LogP) is 4.54. The highest BCUT2D eigenvalue weighted by Gasteiger charge is 2.30. The number of benzene rings is 1. The average Bonchev–Trinajstić information content (AvgIpc) is 3.38. The number of likely N-dealkylation sites (tertiary alicyclic amines) is 2. The van der Waals surface area contributed by atoms with Crippen molar-refractivity contribution in [2.45, 2.75) is 57.7 Å². The quantitative estimate of drug-likeness (QED) is 0.500. The summed E-state index contributed by atoms with van der Waals surface area (Å²) in [5.41, 5.74) is 3.61. The molecule has 0 bridgehead atoms. The summed E-state index contributed by atoms with van der Waals surface area (Å²) in [5, 5.41) is 7.72. The van der Waals surface area contributed by atoms with Crippen LogP contribution in [0.5, 0.6) is 0 Å². The Kier molecular flexibility index (Phi) is 7.70. The van der Waals surface area contributed by atoms with Gasteiger partial charge < -0.3 is 25.2 Å². The van der Waals surface area contributed by atoms with E-state index < -0.39 is 5.60 Å². The Balaban J connectivity index is 1.31. The number of carbonyl (C=O) groups excluding carboxylic acids is 2. The third-order valence-corrected chi connectivity index (χ3v) is 7.31. The molecule has 0 saturated carbocycles. The molecule has 9 nitrogen and oxygen atoms in total. The van der Waals surface area contributed by atoms with Crippen LogP contribution in [-0.4, -0.2) is 82.7 Å². The van der Waals surface area contributed by atoms with Crippen LogP contribution < -0.4 is 10.6 Å². The molecule has 206 valence electrons. The van der Waals surface area contributed by atoms with Crippen LogP contribution in [0, 0.1) is 0 Å². The van der Waals surface area contributed by atoms with E-state index in [0.717, 1.165) is 60.2 Å². The van der Waals surface area contributed by atoms with E-state index in [2.05, 4.69) is 27.6 Å². The minimum atomic E-state index is -0.520. The Hall–Kier alpha value is -3.72. The Morgan fingerprint density at radius 1 is 1.00 bits per heavy atom. The molecule has 2 saturated heterocycles. The molecule has 2 aliphatic heterocycles. The lowest BCUT2D eigenvalue weighted by Crippen LogP contribution is -2.43. The van der Waals surface area contributed by atoms with Gasteiger partial charge >= 0.3 is 6.09 Å². The molecule has 0 aliphatic carbocycles. The molecule has 0 radical (unpaired) electrons. The topological polar surface area (TPSA) is 99.7 Å². The fourth-order valence-corrected chi connectivity index (χ4v) is 5.14. The molecule has 2 aliphatic rings. The first-order valence-electron chi connectivity index (χ1n) is 13.7. The summed E-state index contributed by atoms with van der Waals surface area (Å²) in [7, 11) is 2.11. The van der Waals surface area contributed by atoms with Gasteiger partial charge in [-0.05, 0) is 84.4 Å². The van der Waals surface area contributed by atoms with Crippen molar-refractivity contribution in [1.82, 2.24) is 25.1 Å². The summed E-state index contributed by atoms with van der Waals surface area (Å²) in [6.07, 6.45) is 6.03. The molecule has 2 N–H and O–H groups in total. The molecule has 3 aromatic rings. The van der Waals surface area contributed by atoms with Crippen molar-refractivity contribution in [2.75, 3.05) is 38.5 Å². The van der Waals surface area contributed by atoms with Crippen molar-refractivity contribution in [1.29, 1.82) is 0 Å². The van der Waals surface area contributed by atoms with Gasteiger partial charge in [0.15, 0.2) is 0 Å². The number of amides is 2. The fourth-order valence-electron chi connectivity index (χ4n) is 5.14. The first-order valence-corrected chi connectivity index (χ1v) is 13.7. The van der Waals surface area contributed by atoms with Gasteiger partial charge in [0, 0.05) is 59.8 Å². The van der Waals surface area contributed by atoms with E-state index in [9.17, 15) is 9.59 Å². The standard InChI is InChI=1S/C30H38N6O3/c1-30(2,3)39-29(38)36-16-12-23(19-36)32-27-17-26(34-25-9-13-31-18-24(25)27)20-5-7-21(8-6-20)28(37)33-22-10-14-35(4)15-11-22/h5-9,13,17-18,22-23H,10-12,14-16,19H2,1-4H3,(H,32,34)(H,33,37). The van der Waals surface area contributed by atoms with Crippen LogP contribution in [0.3, 0.4) is 0 Å². The second-order valence-corrected chi connectivity index (χ2v) is 11.6. The van der Waals surface area contributed by atoms with E-state index >= 15 is 0 Å². The first-order chi connectivity index (χ1) is 18.6. The van der Waals surface area contributed by atoms with Crippen molar-refractivity contribution in [3.05, 3.63) is 54.4 Å². The van der Waals surface area contributed by atoms with Gasteiger partial charge in [-0.3, -0.25) is 9.78 Å². The van der Waals surface area contributed by atoms with Gasteiger partial charge in [-0.1, -0.05) is 12.1 Å². The highest BCUT2D eigenvalue weighted by Crippen LogP contribution is 2.30. The second-order valence-electron chi connectivity index (χ2n) is 11.6. The number of ether oxygens (including phenoxy) is 1. The molecule has 1 unspecified atom stereocenters. The van der Waals surface area contributed by atoms with Crippen LogP contribution in [0.4, 0.5) is 10.5 Å². The third kappa shape index (κ3) is 6.65. The number of hydrogen-bond donors (Lipinski definition) is 2. The Labute approximate surface area is 229 Å². The molecule has 9 heteroatoms. The van der Waals surface area contributed by atoms with Crippen molar-refractivity contribution < 1.29 is 14.3 Å². The average molecular weight is 531 g/mol. The van der Waals surface area contributed by atoms with Crippen LogP contribution in [0.15, 0.2) is 48.8 Å². The van der Waals surface area contributed by atoms with Gasteiger partial charge in [0.2, 0.25) is 0 Å². The minimum absolute atomic E-state index is 0.0354. The molecule has 1 aromatic carbocycles. The molecule has 2 aromatic heterocycles. The maximum absolute atomic E-state index is 12.8. The summed E-state index contributed by atoms with van der Waals surface area (Å²) in [5.74, 6) is -0.0354. The van der Waals surface area contributed by atoms with Crippen molar-refractivity contribution >= 4 is 28.6 Å². The van der Waals surface area contributed by atoms with Crippen molar-refractivity contribution in [2.24, 2.45) is 0 Å². The SMILES string of the molecule is CN1CCC(NC(=O)c2ccc(-c3cc(NC4CCN(C(=O)OC(C)(C)C)C4)c4cnccc4n3)cc2)CC1. The molecular weight excluding hydrogens is 492 g/mol. The summed E-state index contributed by atoms with van der Waals surface area (Å²) in [6, 6.07) is 11.8. The summed E-state index contributed by atoms with van der Waals surface area (Å²) >= 11 is 0. The maximum atomic E-state index is 12.8. The van der Waals surface area contributed by atoms with Crippen LogP contribution in [0.2, 0.25) is 0 Å². The monoisotopic (exact) mass is 530 g/mol. The minimum Gasteiger partial charge on any atom is -0.444 e. The number of anilines is 1. The van der Waals surface area contributed by atoms with Crippen LogP contribution in [0.1, 0.15) is 50.4 Å². The zero-order valence-corrected chi connectivity index (χ0v) is 23.2. The van der Waals surface area contributed by atoms with E-state index in [4.69, 9.17) is 9.72 Å². The lowest BCUT2D eigenvalue weighted by molar-refractivity contribution is 0.0293. The number of piperidine rings is 1. The van der Waals surface area contributed by atoms with Gasteiger partial charge in [0.25, 0.3) is 5.91 Å². The van der Waals surface area contributed by atoms with Crippen LogP contribution >= 0.6 is 0 Å². The summed E-state index contributed by atoms with van der Waals surface area (Å²) in [6.45, 7) is 8.85. The molecule has 5 rings (SSSR count). The van der Waals surface area contributed by atoms with Crippen molar-refractivity contribution in [3.63, 3.8) is 0 Å². The van der Waals surface area contributed by atoms with Gasteiger partial charge in [-0.25, -0.2) is 9.78 Å². The Morgan fingerprint density at radius 3 is 2.44 bits per heavy atom. The number of aromatic nitrogens is 2. The first kappa shape index (κ1) is 26.9. The van der Waals surface area contributed by atoms with E-state index in [1.165, 1.54) is 0 Å². The molecule has 2 fully saturated rings. The predicted molar refractivity (Wildman–Crippen MR) is 153 cm³/mol. The second kappa shape index (κ2) is 11.2. The van der Waals surface area contributed by atoms with E-state index in [0.29, 0.717) is 18.7 Å². The number of nitrogens with zero attached hydrogens (tertiary/aromatic N) is 4. The third-order valence-electron chi connectivity index (χ3n) is 7.31. The van der Waals surface area contributed by atoms with E-state index in [1.807, 2.05) is 63.4 Å². The lowest BCUT2D eigenvalue weighted by atomic mass is 10.0. The molecule has 2 amide bonds. The largest absolute Gasteiger partial charge is 0.444 e. The number of hydrogen-bond acceptors (Lipinski definition) is 7. The van der Waals surface area contributed by atoms with Gasteiger partial charge in [-0.2, -0.15) is 0 Å². The van der Waals surface area contributed by atoms with E-state index in [1.54, 1.807) is 11.1 Å². The Morgan fingerprint density at radius 2 is 1.72 bits per heavy atom. The van der Waals surface area contributed by atoms with Gasteiger partial charge in [-0.15, -0.1) is 0 Å². The molecule has 0 spiro atoms. The lowest BCUT2D eigenvalue weighted by Gasteiger charge is -2.29. The highest BCUT2D eigenvalue weighted by atomic mass is 16.6. The number of fused-ring (bicyclic) bond motifs is 1. The number of nitrogens with one attached hydrogen (secondary N) is 2. The molecular formula is C30H38N6O3. The normalized spacial score (nSPS) is 18.8. The zero-order valence-electron chi connectivity index (χ0n) is 23.2. The molecule has 1 atom stereocenters.